The molecular formula is C12H16LiN2O2. The first-order valence-corrected chi connectivity index (χ1v) is 4.80. The summed E-state index contributed by atoms with van der Waals surface area (Å²) in [5.41, 5.74) is 3.43. The van der Waals surface area contributed by atoms with Gasteiger partial charge in [0.05, 0.1) is 11.9 Å². The van der Waals surface area contributed by atoms with E-state index in [-0.39, 0.29) is 29.8 Å². The Labute approximate surface area is 114 Å². The normalized spacial score (nSPS) is 11.8. The Morgan fingerprint density at radius 2 is 1.65 bits per heavy atom. The summed E-state index contributed by atoms with van der Waals surface area (Å²) in [4.78, 5) is 4.15. The fraction of sp³-hybridized carbons (Fsp3) is 0.250. The summed E-state index contributed by atoms with van der Waals surface area (Å²) in [7, 11) is 0. The van der Waals surface area contributed by atoms with E-state index in [4.69, 9.17) is 0 Å². The first-order valence-electron chi connectivity index (χ1n) is 4.80. The third-order valence-corrected chi connectivity index (χ3v) is 2.33. The summed E-state index contributed by atoms with van der Waals surface area (Å²) < 4.78 is 0. The Balaban J connectivity index is 0. The summed E-state index contributed by atoms with van der Waals surface area (Å²) in [5.74, 6) is 0.579. The van der Waals surface area contributed by atoms with Gasteiger partial charge in [-0.05, 0) is 11.5 Å². The summed E-state index contributed by atoms with van der Waals surface area (Å²) in [5, 5.41) is 3.94. The van der Waals surface area contributed by atoms with Crippen LogP contribution in [0.15, 0.2) is 35.5 Å². The molecule has 1 heterocycles. The summed E-state index contributed by atoms with van der Waals surface area (Å²) in [6, 6.07) is 8.49. The minimum atomic E-state index is 0. The van der Waals surface area contributed by atoms with Crippen LogP contribution in [0, 0.1) is 0 Å². The van der Waals surface area contributed by atoms with Crippen molar-refractivity contribution in [3.63, 3.8) is 0 Å². The zero-order chi connectivity index (χ0) is 9.97. The molecule has 1 aliphatic heterocycles. The monoisotopic (exact) mass is 227 g/mol. The van der Waals surface area contributed by atoms with Gasteiger partial charge in [0.15, 0.2) is 0 Å². The van der Waals surface area contributed by atoms with Gasteiger partial charge in [-0.1, -0.05) is 38.1 Å². The maximum Gasteiger partial charge on any atom is 1.00 e. The Hall–Kier alpha value is -1.05. The molecule has 0 amide bonds. The number of hydrogen-bond acceptors (Lipinski definition) is 2. The summed E-state index contributed by atoms with van der Waals surface area (Å²) in [6.45, 7) is 4.38. The number of aliphatic imine (C=N–C) groups is 1. The second kappa shape index (κ2) is 8.10. The van der Waals surface area contributed by atoms with Crippen LogP contribution >= 0.6 is 0 Å². The van der Waals surface area contributed by atoms with Crippen LogP contribution in [-0.2, 0) is 0 Å². The van der Waals surface area contributed by atoms with Crippen molar-refractivity contribution in [1.29, 1.82) is 0 Å². The number of nitrogens with zero attached hydrogens (tertiary/aromatic N) is 2. The van der Waals surface area contributed by atoms with Crippen molar-refractivity contribution < 1.29 is 29.8 Å². The van der Waals surface area contributed by atoms with Crippen LogP contribution in [-0.4, -0.2) is 17.3 Å². The summed E-state index contributed by atoms with van der Waals surface area (Å²) in [6.07, 6.45) is 3.36. The van der Waals surface area contributed by atoms with E-state index < -0.39 is 0 Å². The largest absolute Gasteiger partial charge is 1.00 e. The molecule has 3 N–H and O–H groups in total. The van der Waals surface area contributed by atoms with E-state index in [9.17, 15) is 0 Å². The molecule has 2 rings (SSSR count). The second-order valence-electron chi connectivity index (χ2n) is 3.68. The van der Waals surface area contributed by atoms with Crippen LogP contribution in [0.2, 0.25) is 0 Å². The van der Waals surface area contributed by atoms with Crippen LogP contribution in [0.5, 0.6) is 0 Å². The maximum atomic E-state index is 4.15. The summed E-state index contributed by atoms with van der Waals surface area (Å²) >= 11 is 0. The number of rotatable bonds is 2. The quantitative estimate of drug-likeness (QED) is 0.581. The first-order chi connectivity index (χ1) is 6.77. The van der Waals surface area contributed by atoms with Crippen LogP contribution in [0.1, 0.15) is 30.9 Å². The molecule has 4 nitrogen and oxygen atoms in total. The molecule has 1 aromatic carbocycles. The molecule has 87 valence electrons. The van der Waals surface area contributed by atoms with Crippen molar-refractivity contribution in [3.05, 3.63) is 41.6 Å². The van der Waals surface area contributed by atoms with Crippen molar-refractivity contribution in [1.82, 2.24) is 5.32 Å². The fourth-order valence-electron chi connectivity index (χ4n) is 1.42. The smallest absolute Gasteiger partial charge is 0.870 e. The zero-order valence-corrected chi connectivity index (χ0v) is 10.4. The average molecular weight is 227 g/mol. The van der Waals surface area contributed by atoms with Gasteiger partial charge in [0.2, 0.25) is 0 Å². The van der Waals surface area contributed by atoms with Crippen molar-refractivity contribution in [2.45, 2.75) is 19.8 Å². The molecule has 5 heteroatoms. The number of hydrogen-bond donors (Lipinski definition) is 0. The van der Waals surface area contributed by atoms with E-state index in [1.54, 1.807) is 12.5 Å². The van der Waals surface area contributed by atoms with Crippen LogP contribution < -0.4 is 24.2 Å². The van der Waals surface area contributed by atoms with Gasteiger partial charge in [-0.2, -0.15) is 0 Å². The van der Waals surface area contributed by atoms with Gasteiger partial charge in [-0.25, -0.2) is 10.3 Å². The molecule has 0 unspecified atom stereocenters. The van der Waals surface area contributed by atoms with Crippen molar-refractivity contribution in [2.75, 3.05) is 0 Å². The van der Waals surface area contributed by atoms with E-state index in [1.165, 1.54) is 5.56 Å². The predicted octanol–water partition coefficient (Wildman–Crippen LogP) is -1.24. The second-order valence-corrected chi connectivity index (χ2v) is 3.68. The Kier molecular flexibility index (Phi) is 8.73. The SMILES string of the molecule is CC(C)c1ccc(C2=C[N]C=N2)cc1.O.[Li+].[OH-]. The Morgan fingerprint density at radius 3 is 2.06 bits per heavy atom. The molecule has 0 aromatic heterocycles. The minimum Gasteiger partial charge on any atom is -0.870 e. The fourth-order valence-corrected chi connectivity index (χ4v) is 1.42. The van der Waals surface area contributed by atoms with Gasteiger partial charge in [0.25, 0.3) is 0 Å². The van der Waals surface area contributed by atoms with Crippen molar-refractivity contribution in [2.24, 2.45) is 4.99 Å². The van der Waals surface area contributed by atoms with Gasteiger partial charge in [-0.15, -0.1) is 0 Å². The molecule has 1 aromatic rings. The van der Waals surface area contributed by atoms with Crippen LogP contribution in [0.4, 0.5) is 0 Å². The average Bonchev–Trinajstić information content (AvgIpc) is 2.71. The van der Waals surface area contributed by atoms with Gasteiger partial charge in [-0.3, -0.25) is 0 Å². The maximum absolute atomic E-state index is 4.15. The standard InChI is InChI=1S/C12H13N2.Li.2H2O/c1-9(2)10-3-5-11(6-4-10)12-7-13-8-14-12;;;/h3-9H,1-2H3;;2*1H2/q;+1;;/p-1. The Bertz CT molecular complexity index is 386. The molecule has 0 aliphatic carbocycles. The zero-order valence-electron chi connectivity index (χ0n) is 10.4. The molecule has 17 heavy (non-hydrogen) atoms. The molecule has 0 saturated heterocycles. The van der Waals surface area contributed by atoms with Gasteiger partial charge in [0.1, 0.15) is 6.34 Å². The molecule has 0 spiro atoms. The topological polar surface area (TPSA) is 88.0 Å². The van der Waals surface area contributed by atoms with Gasteiger partial charge in [0, 0.05) is 5.56 Å². The number of benzene rings is 1. The van der Waals surface area contributed by atoms with Crippen molar-refractivity contribution in [3.8, 4) is 0 Å². The third-order valence-electron chi connectivity index (χ3n) is 2.33. The van der Waals surface area contributed by atoms with Gasteiger partial charge >= 0.3 is 18.9 Å². The molecule has 0 atom stereocenters. The molecule has 0 fully saturated rings. The van der Waals surface area contributed by atoms with E-state index >= 15 is 0 Å². The van der Waals surface area contributed by atoms with E-state index in [1.807, 2.05) is 0 Å². The molecular weight excluding hydrogens is 211 g/mol. The van der Waals surface area contributed by atoms with E-state index in [2.05, 4.69) is 48.4 Å². The Morgan fingerprint density at radius 1 is 1.06 bits per heavy atom. The third kappa shape index (κ3) is 4.37. The molecule has 1 radical (unpaired) electrons. The van der Waals surface area contributed by atoms with Gasteiger partial charge < -0.3 is 11.0 Å². The minimum absolute atomic E-state index is 0. The van der Waals surface area contributed by atoms with Crippen LogP contribution in [0.3, 0.4) is 0 Å². The van der Waals surface area contributed by atoms with E-state index in [0.29, 0.717) is 5.92 Å². The molecule has 0 bridgehead atoms. The molecule has 0 saturated carbocycles. The molecule has 1 aliphatic rings. The predicted molar refractivity (Wildman–Crippen MR) is 64.7 cm³/mol. The van der Waals surface area contributed by atoms with E-state index in [0.717, 1.165) is 11.3 Å². The van der Waals surface area contributed by atoms with Crippen molar-refractivity contribution >= 4 is 12.0 Å². The van der Waals surface area contributed by atoms with Crippen LogP contribution in [0.25, 0.3) is 5.70 Å². The first kappa shape index (κ1) is 18.3.